The molecule has 1 aromatic carbocycles. The Morgan fingerprint density at radius 2 is 1.86 bits per heavy atom. The highest BCUT2D eigenvalue weighted by Gasteiger charge is 2.49. The molecule has 2 aliphatic heterocycles. The summed E-state index contributed by atoms with van der Waals surface area (Å²) < 4.78 is 27.1. The first-order chi connectivity index (χ1) is 17.7. The topological polar surface area (TPSA) is 202 Å². The van der Waals surface area contributed by atoms with Crippen LogP contribution in [0.3, 0.4) is 0 Å². The number of aliphatic hydroxyl groups is 4. The number of ether oxygens (including phenoxy) is 5. The molecule has 37 heavy (non-hydrogen) atoms. The maximum Gasteiger partial charge on any atom is 0.338 e. The molecule has 0 spiro atoms. The van der Waals surface area contributed by atoms with E-state index >= 15 is 0 Å². The van der Waals surface area contributed by atoms with Crippen LogP contribution in [0.5, 0.6) is 11.5 Å². The normalized spacial score (nSPS) is 33.0. The monoisotopic (exact) mass is 524 g/mol. The van der Waals surface area contributed by atoms with E-state index in [1.165, 1.54) is 25.3 Å². The lowest BCUT2D eigenvalue weighted by Gasteiger charge is -2.42. The standard InChI is InChI=1S/C24H28O13/c1-33-15-6-10(3-5-14(15)26)22(32)34-8-11-2-4-12-13(21(30)31)9-35-23(17(11)12)37-24-20(29)19(28)18(27)16(7-25)36-24/h2-3,5-6,9,12,16-20,23-29H,4,7-8H2,1H3,(H,30,31)/t12?,16-,17?,18-,19+,20-,23?,24+/m1/s1. The summed E-state index contributed by atoms with van der Waals surface area (Å²) in [5.41, 5.74) is 0.579. The number of carboxylic acids is 1. The number of allylic oxidation sites excluding steroid dienone is 1. The Labute approximate surface area is 210 Å². The summed E-state index contributed by atoms with van der Waals surface area (Å²) in [5.74, 6) is -3.36. The number of hydrogen-bond donors (Lipinski definition) is 6. The van der Waals surface area contributed by atoms with E-state index in [0.29, 0.717) is 5.57 Å². The first-order valence-corrected chi connectivity index (χ1v) is 11.4. The van der Waals surface area contributed by atoms with Gasteiger partial charge in [-0.1, -0.05) is 6.08 Å². The molecule has 1 saturated heterocycles. The van der Waals surface area contributed by atoms with Crippen molar-refractivity contribution >= 4 is 11.9 Å². The molecule has 13 nitrogen and oxygen atoms in total. The number of aliphatic carboxylic acids is 1. The van der Waals surface area contributed by atoms with Crippen molar-refractivity contribution in [3.63, 3.8) is 0 Å². The van der Waals surface area contributed by atoms with Gasteiger partial charge in [-0.2, -0.15) is 0 Å². The predicted octanol–water partition coefficient (Wildman–Crippen LogP) is -0.739. The van der Waals surface area contributed by atoms with Crippen LogP contribution >= 0.6 is 0 Å². The largest absolute Gasteiger partial charge is 0.504 e. The highest BCUT2D eigenvalue weighted by Crippen LogP contribution is 2.44. The second kappa shape index (κ2) is 11.0. The van der Waals surface area contributed by atoms with Crippen LogP contribution in [0.25, 0.3) is 0 Å². The van der Waals surface area contributed by atoms with Gasteiger partial charge >= 0.3 is 11.9 Å². The molecule has 0 aromatic heterocycles. The van der Waals surface area contributed by atoms with Gasteiger partial charge < -0.3 is 54.3 Å². The summed E-state index contributed by atoms with van der Waals surface area (Å²) in [6.45, 7) is -0.900. The first-order valence-electron chi connectivity index (χ1n) is 11.4. The molecular formula is C24H28O13. The third-order valence-corrected chi connectivity index (χ3v) is 6.67. The van der Waals surface area contributed by atoms with Gasteiger partial charge in [-0.05, 0) is 30.2 Å². The number of rotatable bonds is 8. The fourth-order valence-electron chi connectivity index (χ4n) is 4.65. The summed E-state index contributed by atoms with van der Waals surface area (Å²) in [7, 11) is 1.33. The number of benzene rings is 1. The number of carbonyl (C=O) groups is 2. The number of aromatic hydroxyl groups is 1. The number of esters is 1. The molecule has 0 bridgehead atoms. The molecule has 2 heterocycles. The molecule has 4 rings (SSSR count). The van der Waals surface area contributed by atoms with Gasteiger partial charge in [0.25, 0.3) is 0 Å². The average Bonchev–Trinajstić information content (AvgIpc) is 3.32. The average molecular weight is 524 g/mol. The van der Waals surface area contributed by atoms with Crippen molar-refractivity contribution in [2.45, 2.75) is 43.4 Å². The van der Waals surface area contributed by atoms with Crippen molar-refractivity contribution in [3.05, 3.63) is 47.2 Å². The van der Waals surface area contributed by atoms with Crippen LogP contribution in [0.2, 0.25) is 0 Å². The van der Waals surface area contributed by atoms with Crippen LogP contribution in [0, 0.1) is 11.8 Å². The lowest BCUT2D eigenvalue weighted by Crippen LogP contribution is -2.60. The molecule has 8 atom stereocenters. The molecule has 6 N–H and O–H groups in total. The highest BCUT2D eigenvalue weighted by atomic mass is 16.8. The number of aliphatic hydroxyl groups excluding tert-OH is 4. The van der Waals surface area contributed by atoms with Crippen molar-refractivity contribution in [2.24, 2.45) is 11.8 Å². The van der Waals surface area contributed by atoms with E-state index in [2.05, 4.69) is 0 Å². The smallest absolute Gasteiger partial charge is 0.338 e. The second-order valence-electron chi connectivity index (χ2n) is 8.83. The van der Waals surface area contributed by atoms with E-state index in [9.17, 15) is 40.2 Å². The molecule has 1 aromatic rings. The highest BCUT2D eigenvalue weighted by molar-refractivity contribution is 5.90. The number of fused-ring (bicyclic) bond motifs is 1. The van der Waals surface area contributed by atoms with Crippen LogP contribution in [0.4, 0.5) is 0 Å². The zero-order valence-electron chi connectivity index (χ0n) is 19.7. The summed E-state index contributed by atoms with van der Waals surface area (Å²) in [6, 6.07) is 3.94. The van der Waals surface area contributed by atoms with Crippen LogP contribution in [-0.2, 0) is 23.7 Å². The minimum Gasteiger partial charge on any atom is -0.504 e. The van der Waals surface area contributed by atoms with Crippen molar-refractivity contribution in [1.82, 2.24) is 0 Å². The van der Waals surface area contributed by atoms with Gasteiger partial charge in [-0.25, -0.2) is 9.59 Å². The van der Waals surface area contributed by atoms with Gasteiger partial charge in [0.1, 0.15) is 31.0 Å². The number of carboxylic acid groups (broad SMARTS) is 1. The van der Waals surface area contributed by atoms with E-state index in [1.54, 1.807) is 6.08 Å². The number of carbonyl (C=O) groups excluding carboxylic acids is 1. The van der Waals surface area contributed by atoms with Crippen LogP contribution in [0.1, 0.15) is 16.8 Å². The Morgan fingerprint density at radius 1 is 1.11 bits per heavy atom. The lowest BCUT2D eigenvalue weighted by atomic mass is 9.83. The van der Waals surface area contributed by atoms with Gasteiger partial charge in [-0.3, -0.25) is 0 Å². The van der Waals surface area contributed by atoms with Crippen molar-refractivity contribution < 1.29 is 63.9 Å². The van der Waals surface area contributed by atoms with Crippen molar-refractivity contribution in [2.75, 3.05) is 20.3 Å². The molecule has 0 amide bonds. The number of phenolic OH excluding ortho intramolecular Hbond substituents is 1. The van der Waals surface area contributed by atoms with Gasteiger partial charge in [0.05, 0.1) is 37.0 Å². The van der Waals surface area contributed by atoms with E-state index in [4.69, 9.17) is 23.7 Å². The molecule has 202 valence electrons. The van der Waals surface area contributed by atoms with E-state index in [1.807, 2.05) is 0 Å². The molecule has 1 fully saturated rings. The van der Waals surface area contributed by atoms with Gasteiger partial charge in [0, 0.05) is 5.92 Å². The Balaban J connectivity index is 1.50. The third kappa shape index (κ3) is 5.28. The Hall–Kier alpha value is -3.20. The van der Waals surface area contributed by atoms with Crippen LogP contribution in [-0.4, -0.2) is 99.9 Å². The summed E-state index contributed by atoms with van der Waals surface area (Å²) in [5, 5.41) is 59.2. The Bertz CT molecular complexity index is 1080. The van der Waals surface area contributed by atoms with Gasteiger partial charge in [0.2, 0.25) is 6.29 Å². The molecule has 3 aliphatic rings. The second-order valence-corrected chi connectivity index (χ2v) is 8.83. The SMILES string of the molecule is COc1cc(C(=O)OCC2=CCC3C(C(=O)O)=COC(O[C@@H]4O[C@H](CO)[C@@H](O)[C@H](O)[C@H]4O)C23)ccc1O. The fraction of sp³-hybridized carbons (Fsp3) is 0.500. The van der Waals surface area contributed by atoms with Crippen molar-refractivity contribution in [1.29, 1.82) is 0 Å². The third-order valence-electron chi connectivity index (χ3n) is 6.67. The Morgan fingerprint density at radius 3 is 2.54 bits per heavy atom. The lowest BCUT2D eigenvalue weighted by molar-refractivity contribution is -0.339. The maximum absolute atomic E-state index is 12.6. The molecule has 13 heteroatoms. The first kappa shape index (κ1) is 26.9. The molecular weight excluding hydrogens is 496 g/mol. The zero-order valence-corrected chi connectivity index (χ0v) is 19.7. The molecule has 0 radical (unpaired) electrons. The quantitative estimate of drug-likeness (QED) is 0.184. The summed E-state index contributed by atoms with van der Waals surface area (Å²) in [4.78, 5) is 24.4. The van der Waals surface area contributed by atoms with E-state index in [-0.39, 0.29) is 35.7 Å². The number of phenols is 1. The molecule has 1 aliphatic carbocycles. The van der Waals surface area contributed by atoms with Gasteiger partial charge in [-0.15, -0.1) is 0 Å². The molecule has 0 saturated carbocycles. The van der Waals surface area contributed by atoms with Crippen LogP contribution < -0.4 is 4.74 Å². The Kier molecular flexibility index (Phi) is 8.02. The summed E-state index contributed by atoms with van der Waals surface area (Å²) in [6.07, 6.45) is -5.89. The van der Waals surface area contributed by atoms with E-state index < -0.39 is 67.4 Å². The predicted molar refractivity (Wildman–Crippen MR) is 120 cm³/mol. The van der Waals surface area contributed by atoms with Crippen LogP contribution in [0.15, 0.2) is 41.7 Å². The maximum atomic E-state index is 12.6. The number of methoxy groups -OCH3 is 1. The van der Waals surface area contributed by atoms with Crippen molar-refractivity contribution in [3.8, 4) is 11.5 Å². The minimum atomic E-state index is -1.69. The fourth-order valence-corrected chi connectivity index (χ4v) is 4.65. The van der Waals surface area contributed by atoms with Gasteiger partial charge in [0.15, 0.2) is 17.8 Å². The van der Waals surface area contributed by atoms with E-state index in [0.717, 1.165) is 6.26 Å². The number of hydrogen-bond acceptors (Lipinski definition) is 12. The minimum absolute atomic E-state index is 0.0282. The zero-order chi connectivity index (χ0) is 26.9. The molecule has 3 unspecified atom stereocenters. The summed E-state index contributed by atoms with van der Waals surface area (Å²) >= 11 is 0.